The molecule has 13 heteroatoms. The van der Waals surface area contributed by atoms with Crippen LogP contribution in [0.5, 0.6) is 0 Å². The topological polar surface area (TPSA) is 119 Å². The van der Waals surface area contributed by atoms with Crippen molar-refractivity contribution in [1.82, 2.24) is 29.2 Å². The predicted octanol–water partition coefficient (Wildman–Crippen LogP) is 2.08. The number of halogens is 3. The van der Waals surface area contributed by atoms with Crippen molar-refractivity contribution >= 4 is 5.97 Å². The van der Waals surface area contributed by atoms with Gasteiger partial charge in [0.2, 0.25) is 0 Å². The van der Waals surface area contributed by atoms with Crippen molar-refractivity contribution < 1.29 is 27.5 Å². The molecule has 0 radical (unpaired) electrons. The highest BCUT2D eigenvalue weighted by Crippen LogP contribution is 2.16. The first-order chi connectivity index (χ1) is 15.7. The Morgan fingerprint density at radius 1 is 1.21 bits per heavy atom. The summed E-state index contributed by atoms with van der Waals surface area (Å²) in [7, 11) is 0. The Kier molecular flexibility index (Phi) is 7.63. The number of nitrogens with zero attached hydrogens (tertiary/aromatic N) is 6. The molecule has 1 aliphatic rings. The van der Waals surface area contributed by atoms with Gasteiger partial charge >= 0.3 is 12.1 Å². The van der Waals surface area contributed by atoms with Gasteiger partial charge < -0.3 is 9.52 Å². The molecule has 0 unspecified atom stereocenters. The minimum absolute atomic E-state index is 0.00164. The Hall–Kier alpha value is -3.48. The predicted molar refractivity (Wildman–Crippen MR) is 108 cm³/mol. The first-order valence-corrected chi connectivity index (χ1v) is 10.2. The molecule has 3 aromatic heterocycles. The number of fused-ring (bicyclic) bond motifs is 1. The van der Waals surface area contributed by atoms with Gasteiger partial charge in [-0.05, 0) is 18.6 Å². The highest BCUT2D eigenvalue weighted by molar-refractivity contribution is 5.73. The normalized spacial score (nSPS) is 14.2. The van der Waals surface area contributed by atoms with E-state index in [1.165, 1.54) is 6.33 Å². The molecule has 4 heterocycles. The number of hydrogen-bond donors (Lipinski definition) is 1. The van der Waals surface area contributed by atoms with E-state index in [-0.39, 0.29) is 5.56 Å². The van der Waals surface area contributed by atoms with E-state index in [1.807, 2.05) is 12.1 Å². The first-order valence-electron chi connectivity index (χ1n) is 10.2. The number of furan rings is 1. The molecule has 0 atom stereocenters. The molecule has 0 saturated heterocycles. The summed E-state index contributed by atoms with van der Waals surface area (Å²) in [5.74, 6) is -0.00371. The first kappa shape index (κ1) is 24.2. The number of aliphatic carboxylic acids is 1. The third-order valence-electron chi connectivity index (χ3n) is 4.84. The molecule has 0 bridgehead atoms. The summed E-state index contributed by atoms with van der Waals surface area (Å²) >= 11 is 0. The third-order valence-corrected chi connectivity index (χ3v) is 4.84. The standard InChI is InChI=1S/C18H22N6O2.C2HF3O2/c1-2-15-4-5-16(26-15)10-22-6-3-7-24-17(11-22)21-14(8-18(24)25)9-23-13-19-12-20-23;3-2(4,5)1(6)7/h4-5,8,12-13H,2-3,6-7,9-11H2,1H3;(H,6,7). The van der Waals surface area contributed by atoms with Crippen LogP contribution < -0.4 is 5.56 Å². The van der Waals surface area contributed by atoms with Gasteiger partial charge in [-0.25, -0.2) is 19.4 Å². The average Bonchev–Trinajstić information content (AvgIpc) is 3.37. The molecule has 178 valence electrons. The smallest absolute Gasteiger partial charge is 0.475 e. The van der Waals surface area contributed by atoms with Gasteiger partial charge in [0, 0.05) is 25.6 Å². The number of rotatable bonds is 5. The average molecular weight is 468 g/mol. The van der Waals surface area contributed by atoms with E-state index in [9.17, 15) is 18.0 Å². The fourth-order valence-electron chi connectivity index (χ4n) is 3.31. The summed E-state index contributed by atoms with van der Waals surface area (Å²) < 4.78 is 41.0. The molecule has 4 rings (SSSR count). The Morgan fingerprint density at radius 3 is 2.55 bits per heavy atom. The maximum absolute atomic E-state index is 12.5. The number of carboxylic acids is 1. The second-order valence-corrected chi connectivity index (χ2v) is 7.34. The summed E-state index contributed by atoms with van der Waals surface area (Å²) in [6.07, 6.45) is -0.171. The van der Waals surface area contributed by atoms with E-state index >= 15 is 0 Å². The molecule has 0 amide bonds. The van der Waals surface area contributed by atoms with Crippen LogP contribution in [0.3, 0.4) is 0 Å². The van der Waals surface area contributed by atoms with Crippen molar-refractivity contribution in [2.75, 3.05) is 6.54 Å². The van der Waals surface area contributed by atoms with Gasteiger partial charge in [0.15, 0.2) is 0 Å². The molecule has 1 N–H and O–H groups in total. The molecule has 3 aromatic rings. The second-order valence-electron chi connectivity index (χ2n) is 7.34. The zero-order valence-electron chi connectivity index (χ0n) is 17.8. The van der Waals surface area contributed by atoms with Crippen LogP contribution in [-0.4, -0.2) is 53.0 Å². The maximum atomic E-state index is 12.5. The van der Waals surface area contributed by atoms with Gasteiger partial charge in [-0.15, -0.1) is 0 Å². The van der Waals surface area contributed by atoms with Crippen LogP contribution in [-0.2, 0) is 37.4 Å². The summed E-state index contributed by atoms with van der Waals surface area (Å²) in [6, 6.07) is 5.66. The molecule has 0 fully saturated rings. The molecule has 10 nitrogen and oxygen atoms in total. The third kappa shape index (κ3) is 6.75. The molecular weight excluding hydrogens is 445 g/mol. The van der Waals surface area contributed by atoms with Crippen LogP contribution in [0, 0.1) is 0 Å². The van der Waals surface area contributed by atoms with E-state index in [2.05, 4.69) is 21.9 Å². The Bertz CT molecular complexity index is 1120. The van der Waals surface area contributed by atoms with Gasteiger partial charge in [-0.3, -0.25) is 14.3 Å². The molecule has 0 aromatic carbocycles. The lowest BCUT2D eigenvalue weighted by Gasteiger charge is -2.18. The quantitative estimate of drug-likeness (QED) is 0.605. The van der Waals surface area contributed by atoms with Gasteiger partial charge in [0.05, 0.1) is 25.3 Å². The number of aromatic nitrogens is 5. The minimum atomic E-state index is -5.08. The minimum Gasteiger partial charge on any atom is -0.475 e. The highest BCUT2D eigenvalue weighted by Gasteiger charge is 2.38. The highest BCUT2D eigenvalue weighted by atomic mass is 19.4. The summed E-state index contributed by atoms with van der Waals surface area (Å²) in [5, 5.41) is 11.2. The van der Waals surface area contributed by atoms with E-state index < -0.39 is 12.1 Å². The Labute approximate surface area is 186 Å². The number of aryl methyl sites for hydroxylation is 1. The van der Waals surface area contributed by atoms with Gasteiger partial charge in [0.1, 0.15) is 30.0 Å². The van der Waals surface area contributed by atoms with Crippen molar-refractivity contribution in [1.29, 1.82) is 0 Å². The van der Waals surface area contributed by atoms with Crippen molar-refractivity contribution in [3.63, 3.8) is 0 Å². The maximum Gasteiger partial charge on any atom is 0.490 e. The van der Waals surface area contributed by atoms with Crippen molar-refractivity contribution in [2.45, 2.75) is 52.1 Å². The number of carbonyl (C=O) groups is 1. The van der Waals surface area contributed by atoms with Crippen LogP contribution in [0.1, 0.15) is 36.4 Å². The number of hydrogen-bond acceptors (Lipinski definition) is 7. The zero-order valence-corrected chi connectivity index (χ0v) is 17.8. The monoisotopic (exact) mass is 468 g/mol. The van der Waals surface area contributed by atoms with E-state index in [1.54, 1.807) is 21.6 Å². The van der Waals surface area contributed by atoms with Crippen molar-refractivity contribution in [3.8, 4) is 0 Å². The lowest BCUT2D eigenvalue weighted by Crippen LogP contribution is -2.27. The van der Waals surface area contributed by atoms with Crippen LogP contribution in [0.2, 0.25) is 0 Å². The molecule has 0 aliphatic carbocycles. The van der Waals surface area contributed by atoms with Crippen LogP contribution >= 0.6 is 0 Å². The molecule has 33 heavy (non-hydrogen) atoms. The van der Waals surface area contributed by atoms with Crippen molar-refractivity contribution in [3.05, 3.63) is 64.2 Å². The van der Waals surface area contributed by atoms with Gasteiger partial charge in [-0.2, -0.15) is 18.3 Å². The molecular formula is C20H23F3N6O4. The fraction of sp³-hybridized carbons (Fsp3) is 0.450. The molecule has 0 spiro atoms. The summed E-state index contributed by atoms with van der Waals surface area (Å²) in [6.45, 7) is 5.48. The number of alkyl halides is 3. The van der Waals surface area contributed by atoms with Crippen LogP contribution in [0.15, 0.2) is 40.1 Å². The van der Waals surface area contributed by atoms with E-state index in [0.717, 1.165) is 43.3 Å². The summed E-state index contributed by atoms with van der Waals surface area (Å²) in [4.78, 5) is 32.3. The van der Waals surface area contributed by atoms with Gasteiger partial charge in [0.25, 0.3) is 5.56 Å². The van der Waals surface area contributed by atoms with Gasteiger partial charge in [-0.1, -0.05) is 6.92 Å². The Balaban J connectivity index is 0.000000383. The van der Waals surface area contributed by atoms with Crippen molar-refractivity contribution in [2.24, 2.45) is 0 Å². The fourth-order valence-corrected chi connectivity index (χ4v) is 3.31. The second kappa shape index (κ2) is 10.4. The lowest BCUT2D eigenvalue weighted by molar-refractivity contribution is -0.192. The molecule has 1 aliphatic heterocycles. The lowest BCUT2D eigenvalue weighted by atomic mass is 10.3. The zero-order chi connectivity index (χ0) is 24.0. The Morgan fingerprint density at radius 2 is 1.94 bits per heavy atom. The number of carboxylic acid groups (broad SMARTS) is 1. The van der Waals surface area contributed by atoms with E-state index in [0.29, 0.717) is 25.3 Å². The SMILES string of the molecule is CCc1ccc(CN2CCCn3c(nc(Cn4cncn4)cc3=O)C2)o1.O=C(O)C(F)(F)F. The summed E-state index contributed by atoms with van der Waals surface area (Å²) in [5.41, 5.74) is 0.707. The van der Waals surface area contributed by atoms with E-state index in [4.69, 9.17) is 19.3 Å². The largest absolute Gasteiger partial charge is 0.490 e. The van der Waals surface area contributed by atoms with Crippen LogP contribution in [0.25, 0.3) is 0 Å². The molecule has 0 saturated carbocycles. The van der Waals surface area contributed by atoms with Crippen LogP contribution in [0.4, 0.5) is 13.2 Å².